The Hall–Kier alpha value is -2.95. The molecule has 0 fully saturated rings. The Morgan fingerprint density at radius 1 is 1.00 bits per heavy atom. The summed E-state index contributed by atoms with van der Waals surface area (Å²) in [7, 11) is 0. The van der Waals surface area contributed by atoms with Crippen LogP contribution in [0.2, 0.25) is 0 Å². The molecular formula is C18H16N4O. The fourth-order valence-corrected chi connectivity index (χ4v) is 2.90. The lowest BCUT2D eigenvalue weighted by Crippen LogP contribution is -2.36. The predicted octanol–water partition coefficient (Wildman–Crippen LogP) is 2.47. The molecule has 1 aromatic carbocycles. The minimum Gasteiger partial charge on any atom is -0.332 e. The van der Waals surface area contributed by atoms with E-state index in [9.17, 15) is 4.79 Å². The first-order valence-electron chi connectivity index (χ1n) is 7.63. The lowest BCUT2D eigenvalue weighted by molar-refractivity contribution is 0.0730. The lowest BCUT2D eigenvalue weighted by Gasteiger charge is -2.27. The third-order valence-electron chi connectivity index (χ3n) is 4.10. The summed E-state index contributed by atoms with van der Waals surface area (Å²) in [6.45, 7) is 1.20. The molecule has 114 valence electrons. The summed E-state index contributed by atoms with van der Waals surface area (Å²) >= 11 is 0. The molecule has 5 heteroatoms. The molecule has 3 heterocycles. The Morgan fingerprint density at radius 2 is 1.78 bits per heavy atom. The Balaban J connectivity index is 1.59. The quantitative estimate of drug-likeness (QED) is 0.731. The number of aromatic nitrogens is 3. The minimum absolute atomic E-state index is 0.0373. The molecule has 1 aliphatic heterocycles. The van der Waals surface area contributed by atoms with Gasteiger partial charge in [-0.3, -0.25) is 14.8 Å². The van der Waals surface area contributed by atoms with Crippen LogP contribution in [0.5, 0.6) is 0 Å². The summed E-state index contributed by atoms with van der Waals surface area (Å²) in [5.74, 6) is 0.0373. The lowest BCUT2D eigenvalue weighted by atomic mass is 10.1. The first-order chi connectivity index (χ1) is 11.3. The summed E-state index contributed by atoms with van der Waals surface area (Å²) in [6, 6.07) is 11.6. The van der Waals surface area contributed by atoms with Gasteiger partial charge in [-0.2, -0.15) is 0 Å². The van der Waals surface area contributed by atoms with Gasteiger partial charge in [0, 0.05) is 49.0 Å². The van der Waals surface area contributed by atoms with E-state index in [0.717, 1.165) is 23.5 Å². The first-order valence-corrected chi connectivity index (χ1v) is 7.63. The van der Waals surface area contributed by atoms with Gasteiger partial charge in [0.25, 0.3) is 5.91 Å². The Bertz CT molecular complexity index is 842. The highest BCUT2D eigenvalue weighted by molar-refractivity contribution is 5.94. The SMILES string of the molecule is O=C(c1cccc(-n2cccc2)c1)N1CCc2nccnc2C1. The van der Waals surface area contributed by atoms with Crippen molar-refractivity contribution in [3.05, 3.63) is 78.1 Å². The topological polar surface area (TPSA) is 51.0 Å². The molecule has 1 aliphatic rings. The molecule has 0 radical (unpaired) electrons. The van der Waals surface area contributed by atoms with Gasteiger partial charge in [-0.1, -0.05) is 6.07 Å². The number of carbonyl (C=O) groups is 1. The molecule has 0 atom stereocenters. The number of rotatable bonds is 2. The highest BCUT2D eigenvalue weighted by Crippen LogP contribution is 2.18. The smallest absolute Gasteiger partial charge is 0.254 e. The monoisotopic (exact) mass is 304 g/mol. The number of amides is 1. The van der Waals surface area contributed by atoms with Crippen molar-refractivity contribution in [1.82, 2.24) is 19.4 Å². The van der Waals surface area contributed by atoms with Crippen molar-refractivity contribution in [2.75, 3.05) is 6.54 Å². The van der Waals surface area contributed by atoms with Crippen LogP contribution >= 0.6 is 0 Å². The zero-order chi connectivity index (χ0) is 15.6. The van der Waals surface area contributed by atoms with E-state index in [4.69, 9.17) is 0 Å². The van der Waals surface area contributed by atoms with Crippen LogP contribution in [0.3, 0.4) is 0 Å². The van der Waals surface area contributed by atoms with Crippen LogP contribution in [0.1, 0.15) is 21.7 Å². The maximum Gasteiger partial charge on any atom is 0.254 e. The van der Waals surface area contributed by atoms with Crippen molar-refractivity contribution < 1.29 is 4.79 Å². The molecule has 3 aromatic rings. The molecule has 0 bridgehead atoms. The zero-order valence-corrected chi connectivity index (χ0v) is 12.6. The number of benzene rings is 1. The summed E-state index contributed by atoms with van der Waals surface area (Å²) in [5, 5.41) is 0. The van der Waals surface area contributed by atoms with Gasteiger partial charge in [-0.15, -0.1) is 0 Å². The highest BCUT2D eigenvalue weighted by atomic mass is 16.2. The molecule has 0 spiro atoms. The van der Waals surface area contributed by atoms with Crippen molar-refractivity contribution in [3.8, 4) is 5.69 Å². The first kappa shape index (κ1) is 13.7. The summed E-state index contributed by atoms with van der Waals surface area (Å²) < 4.78 is 1.99. The second-order valence-corrected chi connectivity index (χ2v) is 5.57. The van der Waals surface area contributed by atoms with Crippen LogP contribution in [-0.2, 0) is 13.0 Å². The van der Waals surface area contributed by atoms with Crippen molar-refractivity contribution in [3.63, 3.8) is 0 Å². The third-order valence-corrected chi connectivity index (χ3v) is 4.10. The minimum atomic E-state index is 0.0373. The second kappa shape index (κ2) is 5.68. The Morgan fingerprint density at radius 3 is 2.61 bits per heavy atom. The van der Waals surface area contributed by atoms with E-state index in [2.05, 4.69) is 9.97 Å². The number of nitrogens with zero attached hydrogens (tertiary/aromatic N) is 4. The number of hydrogen-bond donors (Lipinski definition) is 0. The van der Waals surface area contributed by atoms with Crippen LogP contribution in [0.25, 0.3) is 5.69 Å². The van der Waals surface area contributed by atoms with Gasteiger partial charge in [0.05, 0.1) is 17.9 Å². The van der Waals surface area contributed by atoms with Gasteiger partial charge < -0.3 is 9.47 Å². The summed E-state index contributed by atoms with van der Waals surface area (Å²) in [4.78, 5) is 23.3. The van der Waals surface area contributed by atoms with Gasteiger partial charge in [0.2, 0.25) is 0 Å². The molecule has 1 amide bonds. The van der Waals surface area contributed by atoms with Crippen molar-refractivity contribution in [2.45, 2.75) is 13.0 Å². The molecule has 4 rings (SSSR count). The number of hydrogen-bond acceptors (Lipinski definition) is 3. The van der Waals surface area contributed by atoms with Crippen LogP contribution in [0, 0.1) is 0 Å². The van der Waals surface area contributed by atoms with Crippen LogP contribution in [0.15, 0.2) is 61.2 Å². The van der Waals surface area contributed by atoms with E-state index in [1.807, 2.05) is 58.3 Å². The molecule has 5 nitrogen and oxygen atoms in total. The van der Waals surface area contributed by atoms with Crippen LogP contribution in [-0.4, -0.2) is 31.9 Å². The molecule has 0 aliphatic carbocycles. The molecular weight excluding hydrogens is 288 g/mol. The maximum atomic E-state index is 12.8. The van der Waals surface area contributed by atoms with Crippen molar-refractivity contribution in [1.29, 1.82) is 0 Å². The van der Waals surface area contributed by atoms with Gasteiger partial charge in [-0.25, -0.2) is 0 Å². The normalized spacial score (nSPS) is 13.7. The summed E-state index contributed by atoms with van der Waals surface area (Å²) in [6.07, 6.45) is 8.08. The van der Waals surface area contributed by atoms with Gasteiger partial charge >= 0.3 is 0 Å². The molecule has 23 heavy (non-hydrogen) atoms. The average molecular weight is 304 g/mol. The van der Waals surface area contributed by atoms with Crippen molar-refractivity contribution in [2.24, 2.45) is 0 Å². The molecule has 2 aromatic heterocycles. The third kappa shape index (κ3) is 2.61. The zero-order valence-electron chi connectivity index (χ0n) is 12.6. The van der Waals surface area contributed by atoms with Gasteiger partial charge in [-0.05, 0) is 30.3 Å². The van der Waals surface area contributed by atoms with E-state index < -0.39 is 0 Å². The number of fused-ring (bicyclic) bond motifs is 1. The Kier molecular flexibility index (Phi) is 3.38. The van der Waals surface area contributed by atoms with Gasteiger partial charge in [0.1, 0.15) is 0 Å². The van der Waals surface area contributed by atoms with Crippen LogP contribution in [0.4, 0.5) is 0 Å². The van der Waals surface area contributed by atoms with E-state index in [1.165, 1.54) is 0 Å². The number of carbonyl (C=O) groups excluding carboxylic acids is 1. The largest absolute Gasteiger partial charge is 0.332 e. The average Bonchev–Trinajstić information content (AvgIpc) is 3.15. The molecule has 0 saturated carbocycles. The second-order valence-electron chi connectivity index (χ2n) is 5.57. The van der Waals surface area contributed by atoms with E-state index in [-0.39, 0.29) is 5.91 Å². The van der Waals surface area contributed by atoms with E-state index >= 15 is 0 Å². The molecule has 0 saturated heterocycles. The highest BCUT2D eigenvalue weighted by Gasteiger charge is 2.23. The van der Waals surface area contributed by atoms with Gasteiger partial charge in [0.15, 0.2) is 0 Å². The maximum absolute atomic E-state index is 12.8. The standard InChI is InChI=1S/C18H16N4O/c23-18(22-11-6-16-17(13-22)20-8-7-19-16)14-4-3-5-15(12-14)21-9-1-2-10-21/h1-5,7-10,12H,6,11,13H2. The molecule has 0 N–H and O–H groups in total. The summed E-state index contributed by atoms with van der Waals surface area (Å²) in [5.41, 5.74) is 3.58. The fraction of sp³-hybridized carbons (Fsp3) is 0.167. The predicted molar refractivity (Wildman–Crippen MR) is 86.2 cm³/mol. The molecule has 0 unspecified atom stereocenters. The van der Waals surface area contributed by atoms with Crippen molar-refractivity contribution >= 4 is 5.91 Å². The Labute approximate surface area is 134 Å². The fourth-order valence-electron chi connectivity index (χ4n) is 2.90. The van der Waals surface area contributed by atoms with Crippen LogP contribution < -0.4 is 0 Å². The van der Waals surface area contributed by atoms with E-state index in [0.29, 0.717) is 18.7 Å². The van der Waals surface area contributed by atoms with E-state index in [1.54, 1.807) is 12.4 Å².